The molecule has 0 radical (unpaired) electrons. The van der Waals surface area contributed by atoms with Gasteiger partial charge in [-0.25, -0.2) is 0 Å². The number of nitrogens with one attached hydrogen (secondary N) is 1. The fourth-order valence-electron chi connectivity index (χ4n) is 9.08. The van der Waals surface area contributed by atoms with E-state index in [0.717, 1.165) is 64.2 Å². The number of carbonyl (C=O) groups excluding carboxylic acids is 1. The zero-order chi connectivity index (χ0) is 53.4. The van der Waals surface area contributed by atoms with E-state index in [2.05, 4.69) is 55.6 Å². The molecule has 0 saturated carbocycles. The van der Waals surface area contributed by atoms with Crippen LogP contribution in [-0.2, 0) is 33.2 Å². The molecule has 73 heavy (non-hydrogen) atoms. The van der Waals surface area contributed by atoms with Gasteiger partial charge in [0, 0.05) is 6.42 Å². The molecule has 12 N–H and O–H groups in total. The first kappa shape index (κ1) is 65.0. The van der Waals surface area contributed by atoms with Crippen molar-refractivity contribution in [3.05, 3.63) is 48.6 Å². The molecule has 0 aromatic rings. The predicted octanol–water partition coefficient (Wildman–Crippen LogP) is 3.14. The summed E-state index contributed by atoms with van der Waals surface area (Å²) < 4.78 is 34.1. The maximum absolute atomic E-state index is 13.2. The molecule has 3 saturated heterocycles. The van der Waals surface area contributed by atoms with E-state index in [4.69, 9.17) is 28.4 Å². The molecule has 19 heteroatoms. The van der Waals surface area contributed by atoms with Crippen LogP contribution in [-0.4, -0.2) is 193 Å². The van der Waals surface area contributed by atoms with Crippen LogP contribution < -0.4 is 5.32 Å². The summed E-state index contributed by atoms with van der Waals surface area (Å²) in [5.74, 6) is -0.308. The first-order valence-corrected chi connectivity index (χ1v) is 27.4. The van der Waals surface area contributed by atoms with Gasteiger partial charge in [0.05, 0.1) is 38.6 Å². The van der Waals surface area contributed by atoms with E-state index in [-0.39, 0.29) is 18.9 Å². The van der Waals surface area contributed by atoms with E-state index in [1.165, 1.54) is 64.2 Å². The number of amides is 1. The van der Waals surface area contributed by atoms with E-state index in [9.17, 15) is 61.0 Å². The van der Waals surface area contributed by atoms with Crippen LogP contribution in [0, 0.1) is 0 Å². The van der Waals surface area contributed by atoms with E-state index in [1.54, 1.807) is 6.08 Å². The topological polar surface area (TPSA) is 307 Å². The minimum absolute atomic E-state index is 0.206. The van der Waals surface area contributed by atoms with Crippen LogP contribution in [0.3, 0.4) is 0 Å². The van der Waals surface area contributed by atoms with Crippen LogP contribution in [0.5, 0.6) is 0 Å². The van der Waals surface area contributed by atoms with Gasteiger partial charge in [0.1, 0.15) is 73.2 Å². The molecule has 3 rings (SSSR count). The van der Waals surface area contributed by atoms with E-state index >= 15 is 0 Å². The largest absolute Gasteiger partial charge is 0.394 e. The number of aliphatic hydroxyl groups excluding tert-OH is 11. The van der Waals surface area contributed by atoms with E-state index in [0.29, 0.717) is 6.42 Å². The quantitative estimate of drug-likeness (QED) is 0.0312. The highest BCUT2D eigenvalue weighted by molar-refractivity contribution is 5.76. The second-order valence-electron chi connectivity index (χ2n) is 19.7. The highest BCUT2D eigenvalue weighted by Crippen LogP contribution is 2.33. The molecule has 3 heterocycles. The predicted molar refractivity (Wildman–Crippen MR) is 272 cm³/mol. The highest BCUT2D eigenvalue weighted by atomic mass is 16.8. The maximum atomic E-state index is 13.2. The number of hydrogen-bond donors (Lipinski definition) is 12. The van der Waals surface area contributed by atoms with Gasteiger partial charge in [0.15, 0.2) is 18.9 Å². The van der Waals surface area contributed by atoms with Crippen molar-refractivity contribution in [2.75, 3.05) is 26.4 Å². The van der Waals surface area contributed by atoms with Crippen LogP contribution in [0.4, 0.5) is 0 Å². The fraction of sp³-hybridized carbons (Fsp3) is 0.833. The molecule has 19 nitrogen and oxygen atoms in total. The second-order valence-corrected chi connectivity index (χ2v) is 19.7. The standard InChI is InChI=1S/C54H95NO18/c1-3-5-7-9-11-13-15-17-18-20-21-23-25-27-29-31-38(59)37(55-42(60)32-30-28-26-24-22-19-16-14-12-10-8-6-4-2)36-68-52-48(66)45(63)50(40(34-57)70-52)73-54-49(67)46(64)51(41(35-58)71-54)72-53-47(65)44(62)43(61)39(33-56)69-53/h6,8,12,14,19,22,29,31,37-41,43-54,56-59,61-67H,3-5,7,9-11,13,15-18,20-21,23-28,30,32-36H2,1-2H3,(H,55,60)/b8-6-,14-12-,22-19-,31-29+. The molecular weight excluding hydrogens is 951 g/mol. The molecular formula is C54H95NO18. The first-order chi connectivity index (χ1) is 35.3. The molecule has 17 atom stereocenters. The van der Waals surface area contributed by atoms with Crippen molar-refractivity contribution in [3.8, 4) is 0 Å². The Morgan fingerprint density at radius 1 is 0.507 bits per heavy atom. The smallest absolute Gasteiger partial charge is 0.220 e. The summed E-state index contributed by atoms with van der Waals surface area (Å²) in [6.07, 6.45) is 12.5. The van der Waals surface area contributed by atoms with Gasteiger partial charge in [-0.2, -0.15) is 0 Å². The Bertz CT molecular complexity index is 1530. The van der Waals surface area contributed by atoms with Gasteiger partial charge in [-0.15, -0.1) is 0 Å². The summed E-state index contributed by atoms with van der Waals surface area (Å²) in [6.45, 7) is 1.55. The van der Waals surface area contributed by atoms with Crippen LogP contribution in [0.25, 0.3) is 0 Å². The number of hydrogen-bond acceptors (Lipinski definition) is 18. The van der Waals surface area contributed by atoms with Crippen molar-refractivity contribution in [2.24, 2.45) is 0 Å². The first-order valence-electron chi connectivity index (χ1n) is 27.4. The summed E-state index contributed by atoms with van der Waals surface area (Å²) in [6, 6.07) is -0.987. The number of rotatable bonds is 38. The molecule has 0 aliphatic carbocycles. The molecule has 3 aliphatic rings. The number of ether oxygens (including phenoxy) is 6. The maximum Gasteiger partial charge on any atom is 0.220 e. The monoisotopic (exact) mass is 1050 g/mol. The minimum atomic E-state index is -1.98. The average molecular weight is 1050 g/mol. The molecule has 3 aliphatic heterocycles. The zero-order valence-electron chi connectivity index (χ0n) is 43.6. The van der Waals surface area contributed by atoms with Gasteiger partial charge < -0.3 is 89.9 Å². The van der Waals surface area contributed by atoms with Gasteiger partial charge in [0.25, 0.3) is 0 Å². The molecule has 3 fully saturated rings. The van der Waals surface area contributed by atoms with Crippen LogP contribution in [0.15, 0.2) is 48.6 Å². The number of unbranched alkanes of at least 4 members (excludes halogenated alkanes) is 16. The Morgan fingerprint density at radius 3 is 1.48 bits per heavy atom. The van der Waals surface area contributed by atoms with Crippen molar-refractivity contribution in [1.29, 1.82) is 0 Å². The number of aliphatic hydroxyl groups is 11. The van der Waals surface area contributed by atoms with Gasteiger partial charge in [0.2, 0.25) is 5.91 Å². The normalized spacial score (nSPS) is 32.1. The number of carbonyl (C=O) groups is 1. The Kier molecular flexibility index (Phi) is 34.1. The van der Waals surface area contributed by atoms with E-state index in [1.807, 2.05) is 6.08 Å². The van der Waals surface area contributed by atoms with Gasteiger partial charge in [-0.1, -0.05) is 146 Å². The Labute approximate surface area is 433 Å². The second kappa shape index (κ2) is 38.3. The van der Waals surface area contributed by atoms with Crippen molar-refractivity contribution >= 4 is 5.91 Å². The van der Waals surface area contributed by atoms with Crippen LogP contribution in [0.2, 0.25) is 0 Å². The molecule has 1 amide bonds. The third-order valence-electron chi connectivity index (χ3n) is 13.6. The summed E-state index contributed by atoms with van der Waals surface area (Å²) in [5, 5.41) is 120. The SMILES string of the molecule is CC/C=C\C/C=C\C/C=C\CCCCCC(=O)NC(COC1OC(CO)C(OC2OC(CO)C(OC3OC(CO)C(O)C(O)C3O)C(O)C2O)C(O)C1O)C(O)/C=C/CCCCCCCCCCCCCCC. The Hall–Kier alpha value is -2.25. The van der Waals surface area contributed by atoms with Crippen molar-refractivity contribution in [3.63, 3.8) is 0 Å². The van der Waals surface area contributed by atoms with Gasteiger partial charge >= 0.3 is 0 Å². The zero-order valence-corrected chi connectivity index (χ0v) is 43.6. The Morgan fingerprint density at radius 2 is 0.945 bits per heavy atom. The number of allylic oxidation sites excluding steroid dienone is 7. The van der Waals surface area contributed by atoms with Gasteiger partial charge in [-0.05, 0) is 51.4 Å². The van der Waals surface area contributed by atoms with Crippen molar-refractivity contribution < 1.29 is 89.4 Å². The average Bonchev–Trinajstić information content (AvgIpc) is 3.39. The van der Waals surface area contributed by atoms with Crippen molar-refractivity contribution in [2.45, 2.75) is 259 Å². The van der Waals surface area contributed by atoms with Gasteiger partial charge in [-0.3, -0.25) is 4.79 Å². The van der Waals surface area contributed by atoms with Crippen LogP contribution >= 0.6 is 0 Å². The summed E-state index contributed by atoms with van der Waals surface area (Å²) in [7, 11) is 0. The minimum Gasteiger partial charge on any atom is -0.394 e. The highest BCUT2D eigenvalue weighted by Gasteiger charge is 2.53. The third-order valence-corrected chi connectivity index (χ3v) is 13.6. The summed E-state index contributed by atoms with van der Waals surface area (Å²) in [4.78, 5) is 13.2. The molecule has 0 aromatic heterocycles. The molecule has 0 spiro atoms. The third kappa shape index (κ3) is 23.5. The van der Waals surface area contributed by atoms with Crippen molar-refractivity contribution in [1.82, 2.24) is 5.32 Å². The lowest BCUT2D eigenvalue weighted by Gasteiger charge is -2.48. The lowest BCUT2D eigenvalue weighted by Crippen LogP contribution is -2.66. The fourth-order valence-corrected chi connectivity index (χ4v) is 9.08. The lowest BCUT2D eigenvalue weighted by atomic mass is 9.96. The molecule has 0 bridgehead atoms. The lowest BCUT2D eigenvalue weighted by molar-refractivity contribution is -0.379. The van der Waals surface area contributed by atoms with Crippen LogP contribution in [0.1, 0.15) is 155 Å². The summed E-state index contributed by atoms with van der Waals surface area (Å²) in [5.41, 5.74) is 0. The molecule has 424 valence electrons. The molecule has 17 unspecified atom stereocenters. The van der Waals surface area contributed by atoms with E-state index < -0.39 is 124 Å². The molecule has 0 aromatic carbocycles. The Balaban J connectivity index is 1.56. The summed E-state index contributed by atoms with van der Waals surface area (Å²) >= 11 is 0.